The number of nitrogens with one attached hydrogen (secondary N) is 1. The summed E-state index contributed by atoms with van der Waals surface area (Å²) in [5, 5.41) is 3.06. The standard InChI is InChI=1S/C18H26N2O3/c1-12(16(21)19-13-8-4-2-3-5-9-13)20-17(22)14-10-6-7-11-15(14)18(20)23/h6-7,12-15H,2-5,8-11H2,1H3,(H,19,21)/t12-,14+,15+/m0/s1. The molecule has 0 radical (unpaired) electrons. The first-order valence-corrected chi connectivity index (χ1v) is 8.92. The second kappa shape index (κ2) is 6.85. The fourth-order valence-corrected chi connectivity index (χ4v) is 4.07. The highest BCUT2D eigenvalue weighted by molar-refractivity contribution is 6.08. The van der Waals surface area contributed by atoms with E-state index in [4.69, 9.17) is 0 Å². The molecule has 3 rings (SSSR count). The molecular weight excluding hydrogens is 292 g/mol. The minimum absolute atomic E-state index is 0.173. The van der Waals surface area contributed by atoms with Crippen molar-refractivity contribution in [3.63, 3.8) is 0 Å². The van der Waals surface area contributed by atoms with Gasteiger partial charge in [-0.15, -0.1) is 0 Å². The minimum Gasteiger partial charge on any atom is -0.352 e. The summed E-state index contributed by atoms with van der Waals surface area (Å²) >= 11 is 0. The molecule has 1 N–H and O–H groups in total. The second-order valence-corrected chi connectivity index (χ2v) is 7.08. The van der Waals surface area contributed by atoms with Gasteiger partial charge in [0.25, 0.3) is 0 Å². The van der Waals surface area contributed by atoms with E-state index in [1.54, 1.807) is 6.92 Å². The third-order valence-electron chi connectivity index (χ3n) is 5.51. The number of rotatable bonds is 3. The SMILES string of the molecule is C[C@@H](C(=O)NC1CCCCCC1)N1C(=O)[C@@H]2CC=CC[C@H]2C1=O. The minimum atomic E-state index is -0.705. The molecule has 0 unspecified atom stereocenters. The number of nitrogens with zero attached hydrogens (tertiary/aromatic N) is 1. The maximum absolute atomic E-state index is 12.5. The van der Waals surface area contributed by atoms with E-state index >= 15 is 0 Å². The first-order valence-electron chi connectivity index (χ1n) is 8.92. The van der Waals surface area contributed by atoms with Gasteiger partial charge in [0.05, 0.1) is 11.8 Å². The normalized spacial score (nSPS) is 30.0. The summed E-state index contributed by atoms with van der Waals surface area (Å²) in [5.41, 5.74) is 0. The van der Waals surface area contributed by atoms with Crippen molar-refractivity contribution < 1.29 is 14.4 Å². The van der Waals surface area contributed by atoms with E-state index < -0.39 is 6.04 Å². The third kappa shape index (κ3) is 3.19. The van der Waals surface area contributed by atoms with Crippen LogP contribution in [-0.2, 0) is 14.4 Å². The Morgan fingerprint density at radius 3 is 2.09 bits per heavy atom. The zero-order chi connectivity index (χ0) is 16.4. The van der Waals surface area contributed by atoms with Crippen LogP contribution in [0.2, 0.25) is 0 Å². The van der Waals surface area contributed by atoms with Crippen LogP contribution >= 0.6 is 0 Å². The van der Waals surface area contributed by atoms with E-state index in [1.165, 1.54) is 17.7 Å². The van der Waals surface area contributed by atoms with Crippen LogP contribution in [0.4, 0.5) is 0 Å². The van der Waals surface area contributed by atoms with Crippen LogP contribution in [0.15, 0.2) is 12.2 Å². The Kier molecular flexibility index (Phi) is 4.83. The number of imide groups is 1. The fourth-order valence-electron chi connectivity index (χ4n) is 4.07. The lowest BCUT2D eigenvalue weighted by molar-refractivity contribution is -0.147. The van der Waals surface area contributed by atoms with Crippen LogP contribution < -0.4 is 5.32 Å². The van der Waals surface area contributed by atoms with Crippen molar-refractivity contribution in [3.8, 4) is 0 Å². The molecule has 1 saturated carbocycles. The molecule has 3 atom stereocenters. The number of carbonyl (C=O) groups is 3. The molecule has 2 fully saturated rings. The van der Waals surface area contributed by atoms with Crippen LogP contribution in [0.3, 0.4) is 0 Å². The Balaban J connectivity index is 1.65. The summed E-state index contributed by atoms with van der Waals surface area (Å²) < 4.78 is 0. The summed E-state index contributed by atoms with van der Waals surface area (Å²) in [5.74, 6) is -1.06. The zero-order valence-electron chi connectivity index (χ0n) is 13.8. The van der Waals surface area contributed by atoms with E-state index in [-0.39, 0.29) is 35.6 Å². The van der Waals surface area contributed by atoms with Gasteiger partial charge in [0.2, 0.25) is 17.7 Å². The van der Waals surface area contributed by atoms with Crippen molar-refractivity contribution in [3.05, 3.63) is 12.2 Å². The fraction of sp³-hybridized carbons (Fsp3) is 0.722. The average molecular weight is 318 g/mol. The topological polar surface area (TPSA) is 66.5 Å². The number of carbonyl (C=O) groups excluding carboxylic acids is 3. The van der Waals surface area contributed by atoms with E-state index in [0.29, 0.717) is 12.8 Å². The van der Waals surface area contributed by atoms with Gasteiger partial charge in [-0.25, -0.2) is 0 Å². The maximum atomic E-state index is 12.5. The number of allylic oxidation sites excluding steroid dienone is 2. The molecule has 3 aliphatic rings. The first kappa shape index (κ1) is 16.2. The van der Waals surface area contributed by atoms with Gasteiger partial charge in [-0.1, -0.05) is 37.8 Å². The number of fused-ring (bicyclic) bond motifs is 1. The van der Waals surface area contributed by atoms with E-state index in [0.717, 1.165) is 25.7 Å². The molecule has 0 bridgehead atoms. The number of amides is 3. The molecule has 1 saturated heterocycles. The van der Waals surface area contributed by atoms with Gasteiger partial charge in [-0.3, -0.25) is 19.3 Å². The van der Waals surface area contributed by atoms with Crippen LogP contribution in [0.5, 0.6) is 0 Å². The van der Waals surface area contributed by atoms with E-state index in [1.807, 2.05) is 12.2 Å². The summed E-state index contributed by atoms with van der Waals surface area (Å²) in [4.78, 5) is 38.8. The summed E-state index contributed by atoms with van der Waals surface area (Å²) in [7, 11) is 0. The average Bonchev–Trinajstić information content (AvgIpc) is 2.74. The molecule has 0 aromatic heterocycles. The molecule has 0 spiro atoms. The molecule has 5 heteroatoms. The van der Waals surface area contributed by atoms with Gasteiger partial charge < -0.3 is 5.32 Å². The van der Waals surface area contributed by atoms with E-state index in [2.05, 4.69) is 5.32 Å². The van der Waals surface area contributed by atoms with Crippen molar-refractivity contribution in [2.45, 2.75) is 70.4 Å². The predicted octanol–water partition coefficient (Wildman–Crippen LogP) is 2.17. The van der Waals surface area contributed by atoms with Crippen LogP contribution in [0, 0.1) is 11.8 Å². The van der Waals surface area contributed by atoms with Crippen molar-refractivity contribution in [1.29, 1.82) is 0 Å². The lowest BCUT2D eigenvalue weighted by atomic mass is 9.85. The van der Waals surface area contributed by atoms with Crippen LogP contribution in [-0.4, -0.2) is 34.7 Å². The van der Waals surface area contributed by atoms with Gasteiger partial charge in [-0.05, 0) is 32.6 Å². The van der Waals surface area contributed by atoms with Crippen molar-refractivity contribution >= 4 is 17.7 Å². The molecule has 1 heterocycles. The molecular formula is C18H26N2O3. The van der Waals surface area contributed by atoms with Gasteiger partial charge in [0.15, 0.2) is 0 Å². The van der Waals surface area contributed by atoms with Crippen molar-refractivity contribution in [2.24, 2.45) is 11.8 Å². The van der Waals surface area contributed by atoms with Crippen LogP contribution in [0.1, 0.15) is 58.3 Å². The molecule has 5 nitrogen and oxygen atoms in total. The third-order valence-corrected chi connectivity index (χ3v) is 5.51. The highest BCUT2D eigenvalue weighted by Gasteiger charge is 2.50. The Labute approximate surface area is 137 Å². The zero-order valence-corrected chi connectivity index (χ0v) is 13.8. The van der Waals surface area contributed by atoms with Crippen molar-refractivity contribution in [2.75, 3.05) is 0 Å². The van der Waals surface area contributed by atoms with Gasteiger partial charge >= 0.3 is 0 Å². The lowest BCUT2D eigenvalue weighted by Gasteiger charge is -2.25. The molecule has 1 aliphatic heterocycles. The highest BCUT2D eigenvalue weighted by Crippen LogP contribution is 2.36. The quantitative estimate of drug-likeness (QED) is 0.493. The van der Waals surface area contributed by atoms with Gasteiger partial charge in [-0.2, -0.15) is 0 Å². The summed E-state index contributed by atoms with van der Waals surface area (Å²) in [6.45, 7) is 1.67. The predicted molar refractivity (Wildman–Crippen MR) is 86.3 cm³/mol. The van der Waals surface area contributed by atoms with Crippen molar-refractivity contribution in [1.82, 2.24) is 10.2 Å². The lowest BCUT2D eigenvalue weighted by Crippen LogP contribution is -2.50. The first-order chi connectivity index (χ1) is 11.1. The monoisotopic (exact) mass is 318 g/mol. The highest BCUT2D eigenvalue weighted by atomic mass is 16.2. The molecule has 0 aromatic carbocycles. The summed E-state index contributed by atoms with van der Waals surface area (Å²) in [6.07, 6.45) is 11.9. The molecule has 2 aliphatic carbocycles. The van der Waals surface area contributed by atoms with E-state index in [9.17, 15) is 14.4 Å². The van der Waals surface area contributed by atoms with Gasteiger partial charge in [0, 0.05) is 6.04 Å². The Morgan fingerprint density at radius 2 is 1.57 bits per heavy atom. The largest absolute Gasteiger partial charge is 0.352 e. The Morgan fingerprint density at radius 1 is 1.04 bits per heavy atom. The Hall–Kier alpha value is -1.65. The summed E-state index contributed by atoms with van der Waals surface area (Å²) in [6, 6.07) is -0.520. The molecule has 126 valence electrons. The molecule has 3 amide bonds. The number of hydrogen-bond acceptors (Lipinski definition) is 3. The number of hydrogen-bond donors (Lipinski definition) is 1. The Bertz CT molecular complexity index is 494. The van der Waals surface area contributed by atoms with Crippen LogP contribution in [0.25, 0.3) is 0 Å². The molecule has 0 aromatic rings. The smallest absolute Gasteiger partial charge is 0.243 e. The maximum Gasteiger partial charge on any atom is 0.243 e. The van der Waals surface area contributed by atoms with Gasteiger partial charge in [0.1, 0.15) is 6.04 Å². The molecule has 23 heavy (non-hydrogen) atoms. The number of likely N-dealkylation sites (tertiary alicyclic amines) is 1. The second-order valence-electron chi connectivity index (χ2n) is 7.08.